The molecule has 1 unspecified atom stereocenters. The van der Waals surface area contributed by atoms with E-state index in [0.29, 0.717) is 11.1 Å². The van der Waals surface area contributed by atoms with Gasteiger partial charge in [0.25, 0.3) is 0 Å². The van der Waals surface area contributed by atoms with Gasteiger partial charge in [-0.25, -0.2) is 0 Å². The van der Waals surface area contributed by atoms with Crippen molar-refractivity contribution in [1.29, 1.82) is 0 Å². The molecule has 0 amide bonds. The standard InChI is InChI=1S/C38H52Si/c1-22-19-29-30(34(22)39(13,14)35-25(4)23(2)24(3)26(35)5)20-31-33(38(11,12)21-37(31,9)10)32(29)27-15-17-28(18-16-27)36(6,7)8/h15-20,34-35H,21H2,1-14H3. The van der Waals surface area contributed by atoms with Crippen LogP contribution >= 0.6 is 0 Å². The average molecular weight is 537 g/mol. The molecule has 0 aromatic heterocycles. The largest absolute Gasteiger partial charge is 0.0717 e. The first-order chi connectivity index (χ1) is 17.8. The van der Waals surface area contributed by atoms with Crippen molar-refractivity contribution in [2.45, 2.75) is 130 Å². The Kier molecular flexibility index (Phi) is 6.33. The molecular formula is C38H52Si. The predicted octanol–water partition coefficient (Wildman–Crippen LogP) is 11.4. The van der Waals surface area contributed by atoms with Crippen molar-refractivity contribution < 1.29 is 0 Å². The Balaban J connectivity index is 1.78. The molecule has 3 aliphatic rings. The maximum atomic E-state index is 2.69. The molecule has 0 saturated carbocycles. The van der Waals surface area contributed by atoms with Crippen LogP contribution in [0.15, 0.2) is 58.2 Å². The summed E-state index contributed by atoms with van der Waals surface area (Å²) in [6.07, 6.45) is 3.79. The molecule has 0 bridgehead atoms. The highest BCUT2D eigenvalue weighted by atomic mass is 28.3. The van der Waals surface area contributed by atoms with Gasteiger partial charge >= 0.3 is 0 Å². The maximum Gasteiger partial charge on any atom is 0.0717 e. The van der Waals surface area contributed by atoms with Crippen LogP contribution in [0.4, 0.5) is 0 Å². The lowest BCUT2D eigenvalue weighted by molar-refractivity contribution is 0.403. The average Bonchev–Trinajstić information content (AvgIpc) is 3.32. The summed E-state index contributed by atoms with van der Waals surface area (Å²) in [5.41, 5.74) is 20.2. The normalized spacial score (nSPS) is 22.5. The lowest BCUT2D eigenvalue weighted by atomic mass is 9.78. The number of fused-ring (bicyclic) bond motifs is 2. The first-order valence-electron chi connectivity index (χ1n) is 15.2. The summed E-state index contributed by atoms with van der Waals surface area (Å²) in [5, 5.41) is 0. The molecule has 0 nitrogen and oxygen atoms in total. The van der Waals surface area contributed by atoms with Crippen molar-refractivity contribution in [2.75, 3.05) is 0 Å². The highest BCUT2D eigenvalue weighted by Gasteiger charge is 2.50. The molecule has 0 aliphatic heterocycles. The van der Waals surface area contributed by atoms with Crippen LogP contribution in [0, 0.1) is 0 Å². The molecule has 2 aromatic rings. The van der Waals surface area contributed by atoms with E-state index < -0.39 is 8.07 Å². The van der Waals surface area contributed by atoms with E-state index in [1.165, 1.54) is 39.8 Å². The molecule has 0 spiro atoms. The summed E-state index contributed by atoms with van der Waals surface area (Å²) >= 11 is 0. The van der Waals surface area contributed by atoms with E-state index in [1.807, 2.05) is 0 Å². The molecule has 0 radical (unpaired) electrons. The molecular weight excluding hydrogens is 485 g/mol. The predicted molar refractivity (Wildman–Crippen MR) is 176 cm³/mol. The maximum absolute atomic E-state index is 2.69. The number of hydrogen-bond acceptors (Lipinski definition) is 0. The van der Waals surface area contributed by atoms with Crippen LogP contribution in [0.3, 0.4) is 0 Å². The quantitative estimate of drug-likeness (QED) is 0.342. The summed E-state index contributed by atoms with van der Waals surface area (Å²) in [7, 11) is -1.82. The Morgan fingerprint density at radius 1 is 0.769 bits per heavy atom. The summed E-state index contributed by atoms with van der Waals surface area (Å²) in [5.74, 6) is 0. The third kappa shape index (κ3) is 4.13. The van der Waals surface area contributed by atoms with Gasteiger partial charge in [0, 0.05) is 5.54 Å². The minimum atomic E-state index is -1.82. The van der Waals surface area contributed by atoms with Crippen molar-refractivity contribution >= 4 is 14.1 Å². The minimum Gasteiger partial charge on any atom is -0.0679 e. The van der Waals surface area contributed by atoms with E-state index in [0.717, 1.165) is 0 Å². The molecule has 39 heavy (non-hydrogen) atoms. The summed E-state index contributed by atoms with van der Waals surface area (Å²) < 4.78 is 0. The fourth-order valence-corrected chi connectivity index (χ4v) is 14.5. The molecule has 0 saturated heterocycles. The number of rotatable bonds is 3. The van der Waals surface area contributed by atoms with Crippen molar-refractivity contribution in [3.63, 3.8) is 0 Å². The van der Waals surface area contributed by atoms with Gasteiger partial charge in [-0.05, 0) is 113 Å². The highest BCUT2D eigenvalue weighted by Crippen LogP contribution is 2.60. The summed E-state index contributed by atoms with van der Waals surface area (Å²) in [6, 6.07) is 12.3. The second kappa shape index (κ2) is 8.69. The van der Waals surface area contributed by atoms with E-state index in [9.17, 15) is 0 Å². The van der Waals surface area contributed by atoms with Crippen molar-refractivity contribution in [3.05, 3.63) is 86.0 Å². The van der Waals surface area contributed by atoms with E-state index in [4.69, 9.17) is 0 Å². The highest BCUT2D eigenvalue weighted by molar-refractivity contribution is 6.82. The molecule has 1 heteroatoms. The molecule has 5 rings (SSSR count). The Labute approximate surface area is 240 Å². The molecule has 1 atom stereocenters. The molecule has 0 fully saturated rings. The fraction of sp³-hybridized carbons (Fsp3) is 0.526. The zero-order chi connectivity index (χ0) is 29.0. The van der Waals surface area contributed by atoms with Gasteiger partial charge in [-0.3, -0.25) is 0 Å². The Hall–Kier alpha value is -2.12. The Morgan fingerprint density at radius 3 is 1.82 bits per heavy atom. The van der Waals surface area contributed by atoms with Gasteiger partial charge in [-0.1, -0.05) is 115 Å². The first kappa shape index (κ1) is 28.4. The Morgan fingerprint density at radius 2 is 1.31 bits per heavy atom. The van der Waals surface area contributed by atoms with Gasteiger partial charge in [0.15, 0.2) is 0 Å². The lowest BCUT2D eigenvalue weighted by Crippen LogP contribution is -2.41. The SMILES string of the molecule is CC1=Cc2c(cc3c(c2-c2ccc(C(C)(C)C)cc2)C(C)(C)CC3(C)C)C1[Si](C)(C)C1C(C)=C(C)C(C)=C1C. The number of benzene rings is 2. The van der Waals surface area contributed by atoms with E-state index in [-0.39, 0.29) is 16.2 Å². The first-order valence-corrected chi connectivity index (χ1v) is 18.3. The molecule has 3 aliphatic carbocycles. The molecule has 2 aromatic carbocycles. The van der Waals surface area contributed by atoms with Crippen LogP contribution < -0.4 is 0 Å². The molecule has 0 heterocycles. The third-order valence-corrected chi connectivity index (χ3v) is 15.6. The third-order valence-electron chi connectivity index (χ3n) is 11.0. The zero-order valence-electron chi connectivity index (χ0n) is 27.3. The van der Waals surface area contributed by atoms with E-state index >= 15 is 0 Å². The van der Waals surface area contributed by atoms with Gasteiger partial charge < -0.3 is 0 Å². The molecule has 208 valence electrons. The number of allylic oxidation sites excluding steroid dienone is 5. The van der Waals surface area contributed by atoms with Crippen LogP contribution in [0.5, 0.6) is 0 Å². The summed E-state index contributed by atoms with van der Waals surface area (Å²) in [4.78, 5) is 0. The van der Waals surface area contributed by atoms with Crippen LogP contribution in [0.1, 0.15) is 123 Å². The van der Waals surface area contributed by atoms with Crippen molar-refractivity contribution in [3.8, 4) is 11.1 Å². The second-order valence-corrected chi connectivity index (χ2v) is 20.9. The van der Waals surface area contributed by atoms with E-state index in [2.05, 4.69) is 133 Å². The zero-order valence-corrected chi connectivity index (χ0v) is 28.3. The van der Waals surface area contributed by atoms with E-state index in [1.54, 1.807) is 33.4 Å². The minimum absolute atomic E-state index is 0.150. The fourth-order valence-electron chi connectivity index (χ4n) is 9.25. The van der Waals surface area contributed by atoms with Gasteiger partial charge in [-0.15, -0.1) is 0 Å². The van der Waals surface area contributed by atoms with Crippen LogP contribution in [-0.2, 0) is 16.2 Å². The van der Waals surface area contributed by atoms with Gasteiger partial charge in [-0.2, -0.15) is 0 Å². The van der Waals surface area contributed by atoms with Crippen LogP contribution in [0.25, 0.3) is 17.2 Å². The molecule has 0 N–H and O–H groups in total. The number of hydrogen-bond donors (Lipinski definition) is 0. The second-order valence-electron chi connectivity index (χ2n) is 16.1. The topological polar surface area (TPSA) is 0 Å². The van der Waals surface area contributed by atoms with Gasteiger partial charge in [0.1, 0.15) is 0 Å². The van der Waals surface area contributed by atoms with Gasteiger partial charge in [0.05, 0.1) is 8.07 Å². The van der Waals surface area contributed by atoms with Crippen molar-refractivity contribution in [2.24, 2.45) is 0 Å². The van der Waals surface area contributed by atoms with Crippen molar-refractivity contribution in [1.82, 2.24) is 0 Å². The van der Waals surface area contributed by atoms with Crippen LogP contribution in [0.2, 0.25) is 18.6 Å². The van der Waals surface area contributed by atoms with Crippen LogP contribution in [-0.4, -0.2) is 8.07 Å². The monoisotopic (exact) mass is 536 g/mol. The lowest BCUT2D eigenvalue weighted by Gasteiger charge is -2.40. The summed E-state index contributed by atoms with van der Waals surface area (Å²) in [6.45, 7) is 34.2. The Bertz CT molecular complexity index is 1430. The smallest absolute Gasteiger partial charge is 0.0679 e. The van der Waals surface area contributed by atoms with Gasteiger partial charge in [0.2, 0.25) is 0 Å².